The van der Waals surface area contributed by atoms with Crippen LogP contribution in [0, 0.1) is 27.7 Å². The Balaban J connectivity index is 1.14. The van der Waals surface area contributed by atoms with Crippen molar-refractivity contribution in [2.75, 3.05) is 6.61 Å². The Morgan fingerprint density at radius 2 is 1.41 bits per heavy atom. The van der Waals surface area contributed by atoms with Crippen LogP contribution in [0.2, 0.25) is 0 Å². The molecular weight excluding hydrogens is 584 g/mol. The van der Waals surface area contributed by atoms with Gasteiger partial charge in [-0.05, 0) is 120 Å². The van der Waals surface area contributed by atoms with E-state index >= 15 is 0 Å². The maximum Gasteiger partial charge on any atom is 0.344 e. The number of amides is 1. The largest absolute Gasteiger partial charge is 0.486 e. The normalized spacial score (nSPS) is 11.3. The van der Waals surface area contributed by atoms with E-state index in [1.807, 2.05) is 56.3 Å². The van der Waals surface area contributed by atoms with Crippen molar-refractivity contribution in [2.24, 2.45) is 5.10 Å². The van der Waals surface area contributed by atoms with Gasteiger partial charge >= 0.3 is 11.9 Å². The number of carbonyl (C=O) groups is 2. The molecule has 238 valence electrons. The van der Waals surface area contributed by atoms with E-state index in [-0.39, 0.29) is 25.1 Å². The van der Waals surface area contributed by atoms with Crippen molar-refractivity contribution in [1.82, 2.24) is 14.6 Å². The molecule has 0 saturated carbocycles. The highest BCUT2D eigenvalue weighted by atomic mass is 16.6. The van der Waals surface area contributed by atoms with E-state index in [2.05, 4.69) is 45.6 Å². The van der Waals surface area contributed by atoms with Crippen LogP contribution < -0.4 is 14.9 Å². The number of rotatable bonds is 12. The molecule has 10 heteroatoms. The zero-order valence-corrected chi connectivity index (χ0v) is 26.9. The van der Waals surface area contributed by atoms with Crippen molar-refractivity contribution in [2.45, 2.75) is 54.3 Å². The van der Waals surface area contributed by atoms with Crippen LogP contribution in [0.25, 0.3) is 11.4 Å². The third-order valence-electron chi connectivity index (χ3n) is 7.29. The minimum atomic E-state index is -0.467. The van der Waals surface area contributed by atoms with Crippen molar-refractivity contribution in [3.8, 4) is 22.9 Å². The fourth-order valence-corrected chi connectivity index (χ4v) is 5.16. The van der Waals surface area contributed by atoms with E-state index in [1.165, 1.54) is 0 Å². The Labute approximate surface area is 268 Å². The van der Waals surface area contributed by atoms with Gasteiger partial charge in [-0.15, -0.1) is 0 Å². The minimum absolute atomic E-state index is 0.134. The molecule has 5 rings (SSSR count). The number of furan rings is 1. The number of hydrogen-bond acceptors (Lipinski definition) is 7. The number of hydrogen-bond donors (Lipinski definition) is 1. The van der Waals surface area contributed by atoms with Crippen molar-refractivity contribution >= 4 is 18.1 Å². The summed E-state index contributed by atoms with van der Waals surface area (Å²) in [5.74, 6) is 1.04. The summed E-state index contributed by atoms with van der Waals surface area (Å²) in [6, 6.07) is 24.7. The second-order valence-corrected chi connectivity index (χ2v) is 11.2. The third-order valence-corrected chi connectivity index (χ3v) is 7.29. The summed E-state index contributed by atoms with van der Waals surface area (Å²) in [4.78, 5) is 24.4. The Bertz CT molecular complexity index is 1820. The van der Waals surface area contributed by atoms with Crippen LogP contribution in [-0.4, -0.2) is 39.9 Å². The molecule has 0 aliphatic rings. The first-order chi connectivity index (χ1) is 22.1. The van der Waals surface area contributed by atoms with Crippen molar-refractivity contribution in [3.63, 3.8) is 0 Å². The van der Waals surface area contributed by atoms with Gasteiger partial charge in [-0.1, -0.05) is 0 Å². The quantitative estimate of drug-likeness (QED) is 0.0935. The molecule has 0 bridgehead atoms. The van der Waals surface area contributed by atoms with Crippen LogP contribution in [-0.2, 0) is 16.1 Å². The molecule has 1 amide bonds. The topological polar surface area (TPSA) is 109 Å². The first-order valence-electron chi connectivity index (χ1n) is 15.0. The summed E-state index contributed by atoms with van der Waals surface area (Å²) in [6.07, 6.45) is 1.41. The molecule has 0 fully saturated rings. The predicted octanol–water partition coefficient (Wildman–Crippen LogP) is 6.77. The van der Waals surface area contributed by atoms with Gasteiger partial charge in [0.2, 0.25) is 0 Å². The summed E-state index contributed by atoms with van der Waals surface area (Å²) < 4.78 is 26.4. The summed E-state index contributed by atoms with van der Waals surface area (Å²) >= 11 is 0. The zero-order chi connectivity index (χ0) is 32.8. The maximum absolute atomic E-state index is 12.7. The Morgan fingerprint density at radius 3 is 2.04 bits per heavy atom. The van der Waals surface area contributed by atoms with E-state index in [4.69, 9.17) is 18.6 Å². The van der Waals surface area contributed by atoms with Gasteiger partial charge in [0, 0.05) is 39.7 Å². The Hall–Kier alpha value is -5.51. The lowest BCUT2D eigenvalue weighted by molar-refractivity contribution is -0.149. The number of hydrazone groups is 1. The van der Waals surface area contributed by atoms with Gasteiger partial charge in [0.05, 0.1) is 12.3 Å². The van der Waals surface area contributed by atoms with E-state index in [0.717, 1.165) is 39.7 Å². The zero-order valence-electron chi connectivity index (χ0n) is 26.9. The standard InChI is InChI=1S/C36H38N4O6/c1-23(2)45-35(41)22-44-32-15-11-30(12-16-32)40-26(5)19-28(27(40)6)20-37-38-36(42)34-18-17-33(46-34)21-43-31-13-9-29(10-14-31)39-24(3)7-8-25(39)4/h7-20,23H,21-22H2,1-6H3,(H,38,42)/b37-20+. The van der Waals surface area contributed by atoms with Crippen LogP contribution in [0.4, 0.5) is 0 Å². The second-order valence-electron chi connectivity index (χ2n) is 11.2. The smallest absolute Gasteiger partial charge is 0.344 e. The van der Waals surface area contributed by atoms with E-state index in [9.17, 15) is 9.59 Å². The van der Waals surface area contributed by atoms with Gasteiger partial charge in [0.25, 0.3) is 0 Å². The van der Waals surface area contributed by atoms with E-state index < -0.39 is 11.9 Å². The van der Waals surface area contributed by atoms with Crippen LogP contribution in [0.3, 0.4) is 0 Å². The summed E-state index contributed by atoms with van der Waals surface area (Å²) in [6.45, 7) is 11.7. The molecule has 3 aromatic heterocycles. The molecule has 0 radical (unpaired) electrons. The van der Waals surface area contributed by atoms with Crippen LogP contribution in [0.5, 0.6) is 11.5 Å². The average molecular weight is 623 g/mol. The number of carbonyl (C=O) groups excluding carboxylic acids is 2. The summed E-state index contributed by atoms with van der Waals surface area (Å²) in [5.41, 5.74) is 9.61. The molecule has 0 spiro atoms. The lowest BCUT2D eigenvalue weighted by Gasteiger charge is -2.12. The number of aromatic nitrogens is 2. The Morgan fingerprint density at radius 1 is 0.804 bits per heavy atom. The van der Waals surface area contributed by atoms with Gasteiger partial charge in [0.15, 0.2) is 12.4 Å². The highest BCUT2D eigenvalue weighted by Crippen LogP contribution is 2.23. The Kier molecular flexibility index (Phi) is 9.76. The number of aryl methyl sites for hydroxylation is 3. The number of nitrogens with one attached hydrogen (secondary N) is 1. The van der Waals surface area contributed by atoms with Crippen LogP contribution in [0.1, 0.15) is 58.5 Å². The van der Waals surface area contributed by atoms with Crippen molar-refractivity contribution in [1.29, 1.82) is 0 Å². The first-order valence-corrected chi connectivity index (χ1v) is 15.0. The second kappa shape index (κ2) is 14.1. The summed E-state index contributed by atoms with van der Waals surface area (Å²) in [7, 11) is 0. The number of ether oxygens (including phenoxy) is 3. The molecule has 5 aromatic rings. The molecule has 0 unspecified atom stereocenters. The molecule has 46 heavy (non-hydrogen) atoms. The lowest BCUT2D eigenvalue weighted by Crippen LogP contribution is -2.18. The third kappa shape index (κ3) is 7.58. The molecule has 0 aliphatic carbocycles. The predicted molar refractivity (Wildman–Crippen MR) is 175 cm³/mol. The monoisotopic (exact) mass is 622 g/mol. The van der Waals surface area contributed by atoms with Gasteiger partial charge in [0.1, 0.15) is 23.9 Å². The molecule has 0 aliphatic heterocycles. The maximum atomic E-state index is 12.7. The number of esters is 1. The van der Waals surface area contributed by atoms with E-state index in [0.29, 0.717) is 17.3 Å². The molecule has 0 atom stereocenters. The highest BCUT2D eigenvalue weighted by molar-refractivity contribution is 5.92. The minimum Gasteiger partial charge on any atom is -0.486 e. The van der Waals surface area contributed by atoms with Gasteiger partial charge in [-0.3, -0.25) is 4.79 Å². The fraction of sp³-hybridized carbons (Fsp3) is 0.250. The van der Waals surface area contributed by atoms with Crippen molar-refractivity contribution < 1.29 is 28.2 Å². The first kappa shape index (κ1) is 31.9. The molecule has 10 nitrogen and oxygen atoms in total. The highest BCUT2D eigenvalue weighted by Gasteiger charge is 2.13. The molecule has 3 heterocycles. The summed E-state index contributed by atoms with van der Waals surface area (Å²) in [5, 5.41) is 4.15. The molecule has 0 saturated heterocycles. The molecule has 1 N–H and O–H groups in total. The SMILES string of the molecule is Cc1ccc(C)n1-c1ccc(OCc2ccc(C(=O)N/N=C/c3cc(C)n(-c4ccc(OCC(=O)OC(C)C)cc4)c3C)o2)cc1. The number of nitrogens with zero attached hydrogens (tertiary/aromatic N) is 3. The van der Waals surface area contributed by atoms with Crippen LogP contribution >= 0.6 is 0 Å². The van der Waals surface area contributed by atoms with Gasteiger partial charge < -0.3 is 27.8 Å². The average Bonchev–Trinajstić information content (AvgIpc) is 3.72. The van der Waals surface area contributed by atoms with Crippen molar-refractivity contribution in [3.05, 3.63) is 119 Å². The van der Waals surface area contributed by atoms with E-state index in [1.54, 1.807) is 44.3 Å². The molecule has 2 aromatic carbocycles. The fourth-order valence-electron chi connectivity index (χ4n) is 5.16. The number of benzene rings is 2. The van der Waals surface area contributed by atoms with Gasteiger partial charge in [-0.25, -0.2) is 10.2 Å². The lowest BCUT2D eigenvalue weighted by atomic mass is 10.2. The van der Waals surface area contributed by atoms with Gasteiger partial charge in [-0.2, -0.15) is 5.10 Å². The molecular formula is C36H38N4O6. The van der Waals surface area contributed by atoms with Crippen LogP contribution in [0.15, 0.2) is 88.4 Å².